The Kier molecular flexibility index (Phi) is 4.02. The lowest BCUT2D eigenvalue weighted by Gasteiger charge is -2.20. The van der Waals surface area contributed by atoms with Gasteiger partial charge in [0.25, 0.3) is 5.91 Å². The number of hydrogen-bond acceptors (Lipinski definition) is 3. The van der Waals surface area contributed by atoms with E-state index in [1.54, 1.807) is 19.1 Å². The zero-order valence-electron chi connectivity index (χ0n) is 12.6. The summed E-state index contributed by atoms with van der Waals surface area (Å²) in [5, 5.41) is 2.87. The van der Waals surface area contributed by atoms with Crippen LogP contribution in [0.4, 0.5) is 4.39 Å². The molecular weight excluding hydrogens is 269 g/mol. The van der Waals surface area contributed by atoms with Gasteiger partial charge in [-0.25, -0.2) is 14.4 Å². The molecule has 0 aliphatic rings. The summed E-state index contributed by atoms with van der Waals surface area (Å²) in [6.45, 7) is 7.49. The van der Waals surface area contributed by atoms with E-state index in [0.29, 0.717) is 22.6 Å². The molecule has 0 saturated carbocycles. The first-order chi connectivity index (χ1) is 9.76. The van der Waals surface area contributed by atoms with Crippen molar-refractivity contribution in [2.45, 2.75) is 33.2 Å². The Morgan fingerprint density at radius 3 is 2.33 bits per heavy atom. The van der Waals surface area contributed by atoms with E-state index >= 15 is 0 Å². The number of aryl methyl sites for hydroxylation is 1. The van der Waals surface area contributed by atoms with Crippen LogP contribution in [0.2, 0.25) is 0 Å². The fourth-order valence-corrected chi connectivity index (χ4v) is 1.84. The summed E-state index contributed by atoms with van der Waals surface area (Å²) in [4.78, 5) is 20.7. The van der Waals surface area contributed by atoms with E-state index in [2.05, 4.69) is 15.3 Å². The summed E-state index contributed by atoms with van der Waals surface area (Å²) >= 11 is 0. The molecule has 0 fully saturated rings. The van der Waals surface area contributed by atoms with Gasteiger partial charge in [-0.2, -0.15) is 0 Å². The van der Waals surface area contributed by atoms with Gasteiger partial charge in [0.15, 0.2) is 5.82 Å². The maximum atomic E-state index is 12.9. The maximum absolute atomic E-state index is 12.9. The second kappa shape index (κ2) is 5.60. The van der Waals surface area contributed by atoms with Crippen LogP contribution in [0.15, 0.2) is 30.5 Å². The molecule has 0 aliphatic carbocycles. The molecule has 1 amide bonds. The number of rotatable bonds is 2. The fourth-order valence-electron chi connectivity index (χ4n) is 1.84. The first kappa shape index (κ1) is 15.1. The molecule has 1 heterocycles. The number of aromatic nitrogens is 2. The third-order valence-corrected chi connectivity index (χ3v) is 2.81. The van der Waals surface area contributed by atoms with Crippen LogP contribution in [0.25, 0.3) is 11.4 Å². The molecule has 1 aromatic heterocycles. The maximum Gasteiger partial charge on any atom is 0.255 e. The smallest absolute Gasteiger partial charge is 0.255 e. The van der Waals surface area contributed by atoms with Crippen LogP contribution in [0.1, 0.15) is 36.8 Å². The van der Waals surface area contributed by atoms with Crippen LogP contribution in [0, 0.1) is 12.7 Å². The molecule has 0 aliphatic heterocycles. The normalized spacial score (nSPS) is 11.3. The van der Waals surface area contributed by atoms with E-state index in [-0.39, 0.29) is 17.3 Å². The number of nitrogens with zero attached hydrogens (tertiary/aromatic N) is 2. The first-order valence-electron chi connectivity index (χ1n) is 6.68. The Balaban J connectivity index is 2.29. The second-order valence-electron chi connectivity index (χ2n) is 5.90. The number of benzene rings is 1. The van der Waals surface area contributed by atoms with Gasteiger partial charge in [0, 0.05) is 17.3 Å². The highest BCUT2D eigenvalue weighted by molar-refractivity contribution is 5.95. The molecule has 0 saturated heterocycles. The number of amides is 1. The molecule has 21 heavy (non-hydrogen) atoms. The van der Waals surface area contributed by atoms with Crippen molar-refractivity contribution < 1.29 is 9.18 Å². The minimum atomic E-state index is -0.320. The van der Waals surface area contributed by atoms with E-state index in [1.165, 1.54) is 18.3 Å². The van der Waals surface area contributed by atoms with Crippen LogP contribution in [0.3, 0.4) is 0 Å². The van der Waals surface area contributed by atoms with Crippen molar-refractivity contribution in [2.24, 2.45) is 0 Å². The lowest BCUT2D eigenvalue weighted by molar-refractivity contribution is 0.0918. The van der Waals surface area contributed by atoms with Gasteiger partial charge in [0.2, 0.25) is 0 Å². The highest BCUT2D eigenvalue weighted by Gasteiger charge is 2.18. The lowest BCUT2D eigenvalue weighted by Crippen LogP contribution is -2.41. The van der Waals surface area contributed by atoms with Crippen molar-refractivity contribution in [1.29, 1.82) is 0 Å². The molecule has 5 heteroatoms. The molecule has 1 N–H and O–H groups in total. The molecule has 0 unspecified atom stereocenters. The van der Waals surface area contributed by atoms with Crippen molar-refractivity contribution in [3.8, 4) is 11.4 Å². The van der Waals surface area contributed by atoms with Gasteiger partial charge < -0.3 is 5.32 Å². The average molecular weight is 287 g/mol. The van der Waals surface area contributed by atoms with Gasteiger partial charge >= 0.3 is 0 Å². The summed E-state index contributed by atoms with van der Waals surface area (Å²) in [6.07, 6.45) is 1.50. The third kappa shape index (κ3) is 3.84. The minimum Gasteiger partial charge on any atom is -0.347 e. The number of carbonyl (C=O) groups is 1. The van der Waals surface area contributed by atoms with E-state index in [4.69, 9.17) is 0 Å². The summed E-state index contributed by atoms with van der Waals surface area (Å²) in [6, 6.07) is 5.93. The zero-order valence-corrected chi connectivity index (χ0v) is 12.6. The predicted molar refractivity (Wildman–Crippen MR) is 79.4 cm³/mol. The standard InChI is InChI=1S/C16H18FN3O/c1-10-13(15(21)20-16(2,3)4)9-18-14(19-10)11-5-7-12(17)8-6-11/h5-9H,1-4H3,(H,20,21). The molecule has 110 valence electrons. The Morgan fingerprint density at radius 2 is 1.81 bits per heavy atom. The number of carbonyl (C=O) groups excluding carboxylic acids is 1. The average Bonchev–Trinajstić information content (AvgIpc) is 2.37. The molecule has 0 atom stereocenters. The molecule has 0 radical (unpaired) electrons. The van der Waals surface area contributed by atoms with Crippen LogP contribution in [-0.4, -0.2) is 21.4 Å². The van der Waals surface area contributed by atoms with E-state index < -0.39 is 0 Å². The largest absolute Gasteiger partial charge is 0.347 e. The van der Waals surface area contributed by atoms with E-state index in [0.717, 1.165) is 0 Å². The zero-order chi connectivity index (χ0) is 15.6. The van der Waals surface area contributed by atoms with E-state index in [9.17, 15) is 9.18 Å². The number of hydrogen-bond donors (Lipinski definition) is 1. The number of halogens is 1. The molecule has 0 bridgehead atoms. The quantitative estimate of drug-likeness (QED) is 0.923. The van der Waals surface area contributed by atoms with Gasteiger partial charge in [-0.05, 0) is 52.0 Å². The monoisotopic (exact) mass is 287 g/mol. The molecule has 0 spiro atoms. The van der Waals surface area contributed by atoms with Gasteiger partial charge in [-0.15, -0.1) is 0 Å². The van der Waals surface area contributed by atoms with Gasteiger partial charge in [0.05, 0.1) is 11.3 Å². The summed E-state index contributed by atoms with van der Waals surface area (Å²) in [5.74, 6) is -0.0397. The van der Waals surface area contributed by atoms with Crippen LogP contribution in [0.5, 0.6) is 0 Å². The summed E-state index contributed by atoms with van der Waals surface area (Å²) in [7, 11) is 0. The molecule has 1 aromatic carbocycles. The van der Waals surface area contributed by atoms with Crippen LogP contribution >= 0.6 is 0 Å². The molecular formula is C16H18FN3O. The Labute approximate surface area is 123 Å². The van der Waals surface area contributed by atoms with E-state index in [1.807, 2.05) is 20.8 Å². The van der Waals surface area contributed by atoms with Crippen LogP contribution in [-0.2, 0) is 0 Å². The fraction of sp³-hybridized carbons (Fsp3) is 0.312. The predicted octanol–water partition coefficient (Wildman–Crippen LogP) is 3.12. The van der Waals surface area contributed by atoms with Crippen molar-refractivity contribution in [3.63, 3.8) is 0 Å². The summed E-state index contributed by atoms with van der Waals surface area (Å²) in [5.41, 5.74) is 1.42. The second-order valence-corrected chi connectivity index (χ2v) is 5.90. The summed E-state index contributed by atoms with van der Waals surface area (Å²) < 4.78 is 12.9. The Bertz CT molecular complexity index is 660. The van der Waals surface area contributed by atoms with Crippen molar-refractivity contribution in [2.75, 3.05) is 0 Å². The number of nitrogens with one attached hydrogen (secondary N) is 1. The Hall–Kier alpha value is -2.30. The van der Waals surface area contributed by atoms with Gasteiger partial charge in [0.1, 0.15) is 5.82 Å². The molecule has 2 aromatic rings. The molecule has 2 rings (SSSR count). The lowest BCUT2D eigenvalue weighted by atomic mass is 10.1. The molecule has 4 nitrogen and oxygen atoms in total. The SMILES string of the molecule is Cc1nc(-c2ccc(F)cc2)ncc1C(=O)NC(C)(C)C. The Morgan fingerprint density at radius 1 is 1.19 bits per heavy atom. The topological polar surface area (TPSA) is 54.9 Å². The van der Waals surface area contributed by atoms with Crippen molar-refractivity contribution in [3.05, 3.63) is 47.5 Å². The third-order valence-electron chi connectivity index (χ3n) is 2.81. The van der Waals surface area contributed by atoms with Crippen molar-refractivity contribution in [1.82, 2.24) is 15.3 Å². The van der Waals surface area contributed by atoms with Gasteiger partial charge in [-0.1, -0.05) is 0 Å². The highest BCUT2D eigenvalue weighted by atomic mass is 19.1. The van der Waals surface area contributed by atoms with Gasteiger partial charge in [-0.3, -0.25) is 4.79 Å². The van der Waals surface area contributed by atoms with Crippen LogP contribution < -0.4 is 5.32 Å². The minimum absolute atomic E-state index is 0.203. The first-order valence-corrected chi connectivity index (χ1v) is 6.68. The van der Waals surface area contributed by atoms with Crippen molar-refractivity contribution >= 4 is 5.91 Å². The highest BCUT2D eigenvalue weighted by Crippen LogP contribution is 2.17.